The molecule has 2 amide bonds. The van der Waals surface area contributed by atoms with Crippen molar-refractivity contribution in [3.05, 3.63) is 99.7 Å². The molecule has 0 saturated heterocycles. The number of hydrogen-bond acceptors (Lipinski definition) is 2. The number of para-hydroxylation sites is 1. The zero-order valence-electron chi connectivity index (χ0n) is 28.1. The van der Waals surface area contributed by atoms with E-state index in [2.05, 4.69) is 43.2 Å². The third-order valence-corrected chi connectivity index (χ3v) is 10.9. The Hall–Kier alpha value is -4.07. The fraction of sp³-hybridized carbons (Fsp3) is 0.436. The van der Waals surface area contributed by atoms with Crippen molar-refractivity contribution >= 4 is 28.4 Å². The van der Waals surface area contributed by atoms with Crippen LogP contribution in [0.15, 0.2) is 60.7 Å². The van der Waals surface area contributed by atoms with Gasteiger partial charge in [-0.15, -0.1) is 0 Å². The molecule has 1 aromatic heterocycles. The molecular weight excluding hydrogens is 599 g/mol. The first-order chi connectivity index (χ1) is 22.1. The molecule has 0 aliphatic heterocycles. The fourth-order valence-electron chi connectivity index (χ4n) is 8.34. The number of aryl methyl sites for hydroxylation is 4. The Kier molecular flexibility index (Phi) is 8.30. The Balaban J connectivity index is 1.35. The van der Waals surface area contributed by atoms with Gasteiger partial charge in [0, 0.05) is 35.2 Å². The van der Waals surface area contributed by atoms with Gasteiger partial charge in [0.2, 0.25) is 11.8 Å². The molecule has 0 radical (unpaired) electrons. The molecule has 4 aromatic rings. The number of rotatable bonds is 8. The quantitative estimate of drug-likeness (QED) is 0.201. The van der Waals surface area contributed by atoms with Gasteiger partial charge in [0.1, 0.15) is 5.54 Å². The Morgan fingerprint density at radius 1 is 0.936 bits per heavy atom. The second kappa shape index (κ2) is 11.9. The summed E-state index contributed by atoms with van der Waals surface area (Å²) in [5.41, 5.74) is 5.69. The van der Waals surface area contributed by atoms with E-state index in [-0.39, 0.29) is 42.0 Å². The molecule has 0 spiro atoms. The van der Waals surface area contributed by atoms with Gasteiger partial charge in [-0.25, -0.2) is 0 Å². The van der Waals surface area contributed by atoms with Crippen molar-refractivity contribution in [2.24, 2.45) is 11.3 Å². The summed E-state index contributed by atoms with van der Waals surface area (Å²) in [5, 5.41) is 4.36. The van der Waals surface area contributed by atoms with E-state index in [1.165, 1.54) is 17.7 Å². The lowest BCUT2D eigenvalue weighted by Crippen LogP contribution is -2.57. The highest BCUT2D eigenvalue weighted by atomic mass is 19.4. The highest BCUT2D eigenvalue weighted by molar-refractivity contribution is 6.02. The van der Waals surface area contributed by atoms with Crippen molar-refractivity contribution < 1.29 is 22.8 Å². The smallest absolute Gasteiger partial charge is 0.358 e. The number of aromatic nitrogens is 1. The maximum Gasteiger partial charge on any atom is 0.416 e. The summed E-state index contributed by atoms with van der Waals surface area (Å²) in [6.07, 6.45) is -1.67. The highest BCUT2D eigenvalue weighted by Gasteiger charge is 2.61. The zero-order chi connectivity index (χ0) is 33.9. The highest BCUT2D eigenvalue weighted by Crippen LogP contribution is 2.67. The first kappa shape index (κ1) is 32.9. The van der Waals surface area contributed by atoms with Gasteiger partial charge in [0.05, 0.1) is 5.56 Å². The van der Waals surface area contributed by atoms with Crippen LogP contribution in [-0.4, -0.2) is 27.2 Å². The van der Waals surface area contributed by atoms with Crippen molar-refractivity contribution in [2.75, 3.05) is 5.32 Å². The van der Waals surface area contributed by atoms with Gasteiger partial charge in [0.15, 0.2) is 0 Å². The summed E-state index contributed by atoms with van der Waals surface area (Å²) < 4.78 is 40.2. The number of hydrogen-bond donors (Lipinski definition) is 2. The number of carbonyl (C=O) groups is 2. The number of anilines is 1. The molecule has 5 nitrogen and oxygen atoms in total. The van der Waals surface area contributed by atoms with Crippen LogP contribution in [0.4, 0.5) is 18.9 Å². The van der Waals surface area contributed by atoms with Crippen LogP contribution in [0.2, 0.25) is 0 Å². The Morgan fingerprint density at radius 2 is 1.55 bits per heavy atom. The molecule has 2 N–H and O–H groups in total. The molecule has 248 valence electrons. The normalized spacial score (nSPS) is 19.9. The Morgan fingerprint density at radius 3 is 2.17 bits per heavy atom. The molecule has 2 atom stereocenters. The van der Waals surface area contributed by atoms with Crippen molar-refractivity contribution in [1.29, 1.82) is 0 Å². The molecule has 8 heteroatoms. The fourth-order valence-corrected chi connectivity index (χ4v) is 8.34. The SMILES string of the molecule is Cc1cc(C)c(NC(=O)C2(N(Cc3ccc(C(F)(F)F)cc3)C(=O)CC3C(c4c(C)[nH]c5ccccc45)C3(C)C)CCCC2)c(C)c1. The standard InChI is InChI=1S/C39H44F3N3O2/c1-23-19-24(2)35(25(3)20-23)44-36(47)38(17-9-10-18-38)45(22-27-13-15-28(16-14-27)39(40,41)42)32(46)21-30-34(37(30,5)6)33-26(4)43-31-12-8-7-11-29(31)33/h7-8,11-16,19-20,30,34,43H,9-10,17-18,21-22H2,1-6H3,(H,44,47). The van der Waals surface area contributed by atoms with Crippen LogP contribution in [0.3, 0.4) is 0 Å². The number of benzene rings is 3. The number of fused-ring (bicyclic) bond motifs is 1. The lowest BCUT2D eigenvalue weighted by atomic mass is 9.91. The molecule has 47 heavy (non-hydrogen) atoms. The minimum absolute atomic E-state index is 0.0473. The third-order valence-electron chi connectivity index (χ3n) is 10.9. The lowest BCUT2D eigenvalue weighted by molar-refractivity contribution is -0.146. The maximum atomic E-state index is 14.7. The predicted molar refractivity (Wildman–Crippen MR) is 180 cm³/mol. The predicted octanol–water partition coefficient (Wildman–Crippen LogP) is 9.53. The van der Waals surface area contributed by atoms with Crippen LogP contribution >= 0.6 is 0 Å². The topological polar surface area (TPSA) is 65.2 Å². The summed E-state index contributed by atoms with van der Waals surface area (Å²) in [6.45, 7) is 12.5. The molecule has 1 heterocycles. The van der Waals surface area contributed by atoms with Crippen LogP contribution in [0, 0.1) is 39.0 Å². The van der Waals surface area contributed by atoms with E-state index in [0.717, 1.165) is 63.9 Å². The van der Waals surface area contributed by atoms with Crippen LogP contribution in [-0.2, 0) is 22.3 Å². The lowest BCUT2D eigenvalue weighted by Gasteiger charge is -2.41. The van der Waals surface area contributed by atoms with E-state index >= 15 is 0 Å². The Bertz CT molecular complexity index is 1810. The van der Waals surface area contributed by atoms with Crippen molar-refractivity contribution in [2.45, 2.75) is 97.8 Å². The molecule has 2 unspecified atom stereocenters. The monoisotopic (exact) mass is 643 g/mol. The van der Waals surface area contributed by atoms with Crippen molar-refractivity contribution in [3.63, 3.8) is 0 Å². The second-order valence-electron chi connectivity index (χ2n) is 14.5. The van der Waals surface area contributed by atoms with E-state index in [4.69, 9.17) is 0 Å². The first-order valence-corrected chi connectivity index (χ1v) is 16.6. The maximum absolute atomic E-state index is 14.7. The number of aromatic amines is 1. The number of nitrogens with zero attached hydrogens (tertiary/aromatic N) is 1. The average molecular weight is 644 g/mol. The molecule has 2 fully saturated rings. The molecule has 2 aliphatic carbocycles. The third kappa shape index (κ3) is 5.96. The summed E-state index contributed by atoms with van der Waals surface area (Å²) >= 11 is 0. The molecule has 0 bridgehead atoms. The van der Waals surface area contributed by atoms with Gasteiger partial charge in [-0.1, -0.05) is 74.7 Å². The summed E-state index contributed by atoms with van der Waals surface area (Å²) in [4.78, 5) is 34.3. The van der Waals surface area contributed by atoms with E-state index in [9.17, 15) is 22.8 Å². The number of halogens is 3. The molecule has 6 rings (SSSR count). The van der Waals surface area contributed by atoms with Gasteiger partial charge in [-0.2, -0.15) is 13.2 Å². The molecule has 3 aromatic carbocycles. The largest absolute Gasteiger partial charge is 0.416 e. The van der Waals surface area contributed by atoms with Crippen LogP contribution in [0.5, 0.6) is 0 Å². The number of alkyl halides is 3. The second-order valence-corrected chi connectivity index (χ2v) is 14.5. The summed E-state index contributed by atoms with van der Waals surface area (Å²) in [6, 6.07) is 17.2. The number of H-pyrrole nitrogens is 1. The molecular formula is C39H44F3N3O2. The summed E-state index contributed by atoms with van der Waals surface area (Å²) in [5.74, 6) is -0.172. The van der Waals surface area contributed by atoms with Crippen LogP contribution in [0.25, 0.3) is 10.9 Å². The van der Waals surface area contributed by atoms with Crippen molar-refractivity contribution in [3.8, 4) is 0 Å². The minimum atomic E-state index is -4.46. The zero-order valence-corrected chi connectivity index (χ0v) is 28.1. The van der Waals surface area contributed by atoms with Gasteiger partial charge < -0.3 is 15.2 Å². The van der Waals surface area contributed by atoms with E-state index in [0.29, 0.717) is 18.4 Å². The number of nitrogens with one attached hydrogen (secondary N) is 2. The van der Waals surface area contributed by atoms with E-state index < -0.39 is 17.3 Å². The Labute approximate surface area is 274 Å². The van der Waals surface area contributed by atoms with Gasteiger partial charge >= 0.3 is 6.18 Å². The number of carbonyl (C=O) groups excluding carboxylic acids is 2. The van der Waals surface area contributed by atoms with E-state index in [1.54, 1.807) is 4.90 Å². The first-order valence-electron chi connectivity index (χ1n) is 16.6. The average Bonchev–Trinajstić information content (AvgIpc) is 3.34. The van der Waals surface area contributed by atoms with Crippen LogP contribution < -0.4 is 5.32 Å². The van der Waals surface area contributed by atoms with Gasteiger partial charge in [-0.05, 0) is 98.2 Å². The van der Waals surface area contributed by atoms with Crippen molar-refractivity contribution in [1.82, 2.24) is 9.88 Å². The van der Waals surface area contributed by atoms with Crippen LogP contribution in [0.1, 0.15) is 90.9 Å². The summed E-state index contributed by atoms with van der Waals surface area (Å²) in [7, 11) is 0. The molecule has 2 saturated carbocycles. The minimum Gasteiger partial charge on any atom is -0.358 e. The number of amides is 2. The van der Waals surface area contributed by atoms with E-state index in [1.807, 2.05) is 45.0 Å². The van der Waals surface area contributed by atoms with Gasteiger partial charge in [-0.3, -0.25) is 9.59 Å². The molecule has 2 aliphatic rings. The van der Waals surface area contributed by atoms with Gasteiger partial charge in [0.25, 0.3) is 0 Å².